The number of carbonyl (C=O) groups is 2. The van der Waals surface area contributed by atoms with E-state index in [4.69, 9.17) is 0 Å². The van der Waals surface area contributed by atoms with Crippen molar-refractivity contribution in [3.63, 3.8) is 0 Å². The Hall–Kier alpha value is -1.91. The lowest BCUT2D eigenvalue weighted by molar-refractivity contribution is -0.139. The van der Waals surface area contributed by atoms with E-state index in [1.807, 2.05) is 25.7 Å². The first-order valence-corrected chi connectivity index (χ1v) is 7.63. The SMILES string of the molecule is CC(C)(C)C(=O)N1CCCN(C(=O)c2cccc(F)c2)CC1. The lowest BCUT2D eigenvalue weighted by Crippen LogP contribution is -2.42. The first-order chi connectivity index (χ1) is 10.3. The topological polar surface area (TPSA) is 40.6 Å². The average molecular weight is 306 g/mol. The predicted molar refractivity (Wildman–Crippen MR) is 83.0 cm³/mol. The Morgan fingerprint density at radius 1 is 1.05 bits per heavy atom. The van der Waals surface area contributed by atoms with Gasteiger partial charge in [-0.3, -0.25) is 9.59 Å². The maximum Gasteiger partial charge on any atom is 0.254 e. The van der Waals surface area contributed by atoms with E-state index < -0.39 is 11.2 Å². The van der Waals surface area contributed by atoms with Gasteiger partial charge in [-0.25, -0.2) is 4.39 Å². The number of hydrogen-bond acceptors (Lipinski definition) is 2. The predicted octanol–water partition coefficient (Wildman–Crippen LogP) is 2.55. The molecule has 0 N–H and O–H groups in total. The number of hydrogen-bond donors (Lipinski definition) is 0. The van der Waals surface area contributed by atoms with Crippen LogP contribution in [-0.2, 0) is 4.79 Å². The van der Waals surface area contributed by atoms with E-state index in [1.165, 1.54) is 18.2 Å². The molecule has 5 heteroatoms. The molecule has 120 valence electrons. The van der Waals surface area contributed by atoms with Crippen LogP contribution in [0.25, 0.3) is 0 Å². The largest absolute Gasteiger partial charge is 0.340 e. The summed E-state index contributed by atoms with van der Waals surface area (Å²) < 4.78 is 13.3. The Labute approximate surface area is 130 Å². The van der Waals surface area contributed by atoms with Gasteiger partial charge in [0.05, 0.1) is 0 Å². The first kappa shape index (κ1) is 16.5. The fourth-order valence-corrected chi connectivity index (χ4v) is 2.60. The van der Waals surface area contributed by atoms with Crippen molar-refractivity contribution in [2.24, 2.45) is 5.41 Å². The number of benzene rings is 1. The Morgan fingerprint density at radius 2 is 1.68 bits per heavy atom. The molecule has 1 fully saturated rings. The van der Waals surface area contributed by atoms with Crippen molar-refractivity contribution in [1.29, 1.82) is 0 Å². The third kappa shape index (κ3) is 3.84. The summed E-state index contributed by atoms with van der Waals surface area (Å²) in [5.41, 5.74) is -0.0579. The minimum Gasteiger partial charge on any atom is -0.340 e. The Kier molecular flexibility index (Phi) is 4.84. The molecule has 0 aromatic heterocycles. The Bertz CT molecular complexity index is 566. The summed E-state index contributed by atoms with van der Waals surface area (Å²) in [6.07, 6.45) is 0.739. The van der Waals surface area contributed by atoms with E-state index in [9.17, 15) is 14.0 Å². The van der Waals surface area contributed by atoms with E-state index >= 15 is 0 Å². The van der Waals surface area contributed by atoms with Gasteiger partial charge in [-0.05, 0) is 24.6 Å². The number of carbonyl (C=O) groups excluding carboxylic acids is 2. The third-order valence-corrected chi connectivity index (χ3v) is 3.78. The lowest BCUT2D eigenvalue weighted by atomic mass is 9.94. The molecule has 2 rings (SSSR count). The minimum absolute atomic E-state index is 0.104. The summed E-state index contributed by atoms with van der Waals surface area (Å²) in [4.78, 5) is 28.3. The van der Waals surface area contributed by atoms with Gasteiger partial charge in [0.15, 0.2) is 0 Å². The van der Waals surface area contributed by atoms with Crippen LogP contribution in [0.3, 0.4) is 0 Å². The molecule has 22 heavy (non-hydrogen) atoms. The van der Waals surface area contributed by atoms with Crippen LogP contribution in [0.5, 0.6) is 0 Å². The normalized spacial score (nSPS) is 16.4. The zero-order valence-corrected chi connectivity index (χ0v) is 13.4. The Morgan fingerprint density at radius 3 is 2.32 bits per heavy atom. The van der Waals surface area contributed by atoms with Gasteiger partial charge in [0, 0.05) is 37.2 Å². The first-order valence-electron chi connectivity index (χ1n) is 7.63. The molecule has 0 unspecified atom stereocenters. The highest BCUT2D eigenvalue weighted by Crippen LogP contribution is 2.19. The van der Waals surface area contributed by atoms with Crippen LogP contribution in [0, 0.1) is 11.2 Å². The molecule has 0 aliphatic carbocycles. The fourth-order valence-electron chi connectivity index (χ4n) is 2.60. The zero-order chi connectivity index (χ0) is 16.3. The molecule has 1 aromatic rings. The zero-order valence-electron chi connectivity index (χ0n) is 13.4. The second-order valence-electron chi connectivity index (χ2n) is 6.70. The average Bonchev–Trinajstić information content (AvgIpc) is 2.70. The number of rotatable bonds is 1. The van der Waals surface area contributed by atoms with Gasteiger partial charge < -0.3 is 9.80 Å². The summed E-state index contributed by atoms with van der Waals surface area (Å²) in [6.45, 7) is 7.95. The molecule has 4 nitrogen and oxygen atoms in total. The molecular formula is C17H23FN2O2. The molecule has 2 amide bonds. The van der Waals surface area contributed by atoms with Gasteiger partial charge in [-0.2, -0.15) is 0 Å². The molecule has 0 saturated carbocycles. The van der Waals surface area contributed by atoms with Gasteiger partial charge >= 0.3 is 0 Å². The Balaban J connectivity index is 2.04. The van der Waals surface area contributed by atoms with Crippen molar-refractivity contribution in [3.05, 3.63) is 35.6 Å². The van der Waals surface area contributed by atoms with E-state index in [-0.39, 0.29) is 11.8 Å². The molecule has 0 spiro atoms. The van der Waals surface area contributed by atoms with E-state index in [1.54, 1.807) is 11.0 Å². The van der Waals surface area contributed by atoms with E-state index in [2.05, 4.69) is 0 Å². The maximum atomic E-state index is 13.3. The summed E-state index contributed by atoms with van der Waals surface area (Å²) in [5.74, 6) is -0.484. The third-order valence-electron chi connectivity index (χ3n) is 3.78. The number of nitrogens with zero attached hydrogens (tertiary/aromatic N) is 2. The molecule has 0 radical (unpaired) electrons. The van der Waals surface area contributed by atoms with Gasteiger partial charge in [0.2, 0.25) is 5.91 Å². The quantitative estimate of drug-likeness (QED) is 0.800. The molecule has 1 aliphatic rings. The summed E-state index contributed by atoms with van der Waals surface area (Å²) >= 11 is 0. The molecular weight excluding hydrogens is 283 g/mol. The van der Waals surface area contributed by atoms with Crippen LogP contribution in [0.2, 0.25) is 0 Å². The summed E-state index contributed by atoms with van der Waals surface area (Å²) in [6, 6.07) is 5.73. The molecule has 1 aromatic carbocycles. The van der Waals surface area contributed by atoms with Crippen LogP contribution in [0.4, 0.5) is 4.39 Å². The highest BCUT2D eigenvalue weighted by Gasteiger charge is 2.29. The summed E-state index contributed by atoms with van der Waals surface area (Å²) in [5, 5.41) is 0. The molecule has 0 bridgehead atoms. The monoisotopic (exact) mass is 306 g/mol. The van der Waals surface area contributed by atoms with Crippen molar-refractivity contribution in [3.8, 4) is 0 Å². The fraction of sp³-hybridized carbons (Fsp3) is 0.529. The highest BCUT2D eigenvalue weighted by molar-refractivity contribution is 5.94. The second-order valence-corrected chi connectivity index (χ2v) is 6.70. The van der Waals surface area contributed by atoms with Crippen LogP contribution in [0.15, 0.2) is 24.3 Å². The van der Waals surface area contributed by atoms with Crippen LogP contribution in [0.1, 0.15) is 37.6 Å². The standard InChI is InChI=1S/C17H23FN2O2/c1-17(2,3)16(22)20-9-5-8-19(10-11-20)15(21)13-6-4-7-14(18)12-13/h4,6-7,12H,5,8-11H2,1-3H3. The highest BCUT2D eigenvalue weighted by atomic mass is 19.1. The van der Waals surface area contributed by atoms with Gasteiger partial charge in [0.1, 0.15) is 5.82 Å². The van der Waals surface area contributed by atoms with Gasteiger partial charge in [-0.15, -0.1) is 0 Å². The minimum atomic E-state index is -0.415. The van der Waals surface area contributed by atoms with Crippen molar-refractivity contribution < 1.29 is 14.0 Å². The lowest BCUT2D eigenvalue weighted by Gasteiger charge is -2.28. The van der Waals surface area contributed by atoms with Gasteiger partial charge in [-0.1, -0.05) is 26.8 Å². The smallest absolute Gasteiger partial charge is 0.254 e. The summed E-state index contributed by atoms with van der Waals surface area (Å²) in [7, 11) is 0. The maximum absolute atomic E-state index is 13.3. The van der Waals surface area contributed by atoms with Crippen LogP contribution in [-0.4, -0.2) is 47.8 Å². The van der Waals surface area contributed by atoms with Crippen LogP contribution >= 0.6 is 0 Å². The van der Waals surface area contributed by atoms with E-state index in [0.717, 1.165) is 6.42 Å². The van der Waals surface area contributed by atoms with E-state index in [0.29, 0.717) is 31.7 Å². The number of amides is 2. The molecule has 1 heterocycles. The second kappa shape index (κ2) is 6.46. The molecule has 1 aliphatic heterocycles. The van der Waals surface area contributed by atoms with Gasteiger partial charge in [0.25, 0.3) is 5.91 Å². The van der Waals surface area contributed by atoms with Crippen molar-refractivity contribution in [1.82, 2.24) is 9.80 Å². The molecule has 1 saturated heterocycles. The van der Waals surface area contributed by atoms with Crippen molar-refractivity contribution in [2.45, 2.75) is 27.2 Å². The van der Waals surface area contributed by atoms with Crippen molar-refractivity contribution >= 4 is 11.8 Å². The van der Waals surface area contributed by atoms with Crippen molar-refractivity contribution in [2.75, 3.05) is 26.2 Å². The molecule has 0 atom stereocenters. The van der Waals surface area contributed by atoms with Crippen LogP contribution < -0.4 is 0 Å². The number of halogens is 1.